The van der Waals surface area contributed by atoms with Crippen LogP contribution >= 0.6 is 11.3 Å². The molecule has 0 bridgehead atoms. The summed E-state index contributed by atoms with van der Waals surface area (Å²) in [6.07, 6.45) is 5.66. The van der Waals surface area contributed by atoms with Crippen molar-refractivity contribution < 1.29 is 0 Å². The van der Waals surface area contributed by atoms with E-state index in [2.05, 4.69) is 85.7 Å². The molecule has 1 aromatic heterocycles. The first kappa shape index (κ1) is 15.0. The average Bonchev–Trinajstić information content (AvgIpc) is 2.90. The lowest BCUT2D eigenvalue weighted by Crippen LogP contribution is -2.11. The fourth-order valence-electron chi connectivity index (χ4n) is 2.61. The minimum Gasteiger partial charge on any atom is -0.309 e. The van der Waals surface area contributed by atoms with Gasteiger partial charge < -0.3 is 4.90 Å². The fraction of sp³-hybridized carbons (Fsp3) is 0.200. The van der Waals surface area contributed by atoms with Crippen LogP contribution in [0, 0.1) is 0 Å². The lowest BCUT2D eigenvalue weighted by molar-refractivity contribution is 0.417. The van der Waals surface area contributed by atoms with Gasteiger partial charge in [-0.1, -0.05) is 54.6 Å². The van der Waals surface area contributed by atoms with Crippen LogP contribution in [0.1, 0.15) is 11.3 Å². The van der Waals surface area contributed by atoms with Crippen molar-refractivity contribution in [2.75, 3.05) is 20.6 Å². The summed E-state index contributed by atoms with van der Waals surface area (Å²) in [5, 5.41) is 1.35. The Labute approximate surface area is 136 Å². The molecule has 0 aliphatic carbocycles. The Morgan fingerprint density at radius 1 is 0.955 bits per heavy atom. The summed E-state index contributed by atoms with van der Waals surface area (Å²) in [4.78, 5) is 3.57. The van der Waals surface area contributed by atoms with Crippen molar-refractivity contribution in [3.63, 3.8) is 0 Å². The van der Waals surface area contributed by atoms with Crippen molar-refractivity contribution >= 4 is 27.5 Å². The van der Waals surface area contributed by atoms with Crippen molar-refractivity contribution in [1.29, 1.82) is 0 Å². The summed E-state index contributed by atoms with van der Waals surface area (Å²) in [5.74, 6) is 0. The predicted octanol–water partition coefficient (Wildman–Crippen LogP) is 5.53. The van der Waals surface area contributed by atoms with Gasteiger partial charge in [0.25, 0.3) is 0 Å². The molecule has 3 rings (SSSR count). The van der Waals surface area contributed by atoms with Crippen molar-refractivity contribution in [2.24, 2.45) is 0 Å². The van der Waals surface area contributed by atoms with Crippen LogP contribution in [0.25, 0.3) is 27.3 Å². The van der Waals surface area contributed by atoms with E-state index < -0.39 is 0 Å². The summed E-state index contributed by atoms with van der Waals surface area (Å²) in [5.41, 5.74) is 2.66. The third-order valence-electron chi connectivity index (χ3n) is 3.70. The van der Waals surface area contributed by atoms with Crippen LogP contribution in [0.4, 0.5) is 0 Å². The number of fused-ring (bicyclic) bond motifs is 1. The quantitative estimate of drug-likeness (QED) is 0.599. The molecule has 0 unspecified atom stereocenters. The van der Waals surface area contributed by atoms with E-state index in [1.807, 2.05) is 11.3 Å². The molecule has 1 heterocycles. The van der Waals surface area contributed by atoms with Crippen LogP contribution in [0.5, 0.6) is 0 Å². The molecule has 22 heavy (non-hydrogen) atoms. The van der Waals surface area contributed by atoms with Crippen LogP contribution in [-0.2, 0) is 0 Å². The fourth-order valence-corrected chi connectivity index (χ4v) is 3.77. The van der Waals surface area contributed by atoms with Crippen molar-refractivity contribution in [3.05, 3.63) is 65.6 Å². The van der Waals surface area contributed by atoms with Crippen molar-refractivity contribution in [3.8, 4) is 11.1 Å². The Kier molecular flexibility index (Phi) is 4.71. The van der Waals surface area contributed by atoms with Gasteiger partial charge in [-0.05, 0) is 38.2 Å². The Bertz CT molecular complexity index is 769. The molecule has 0 saturated carbocycles. The summed E-state index contributed by atoms with van der Waals surface area (Å²) >= 11 is 1.88. The van der Waals surface area contributed by atoms with E-state index in [0.717, 1.165) is 13.0 Å². The lowest BCUT2D eigenvalue weighted by atomic mass is 10.0. The van der Waals surface area contributed by atoms with Gasteiger partial charge in [-0.2, -0.15) is 0 Å². The van der Waals surface area contributed by atoms with Gasteiger partial charge in [0.2, 0.25) is 0 Å². The number of rotatable bonds is 5. The highest BCUT2D eigenvalue weighted by atomic mass is 32.1. The maximum Gasteiger partial charge on any atom is 0.0358 e. The second-order valence-electron chi connectivity index (χ2n) is 5.70. The molecule has 0 saturated heterocycles. The van der Waals surface area contributed by atoms with E-state index in [0.29, 0.717) is 0 Å². The Morgan fingerprint density at radius 2 is 1.68 bits per heavy atom. The lowest BCUT2D eigenvalue weighted by Gasteiger charge is -2.06. The zero-order valence-electron chi connectivity index (χ0n) is 13.1. The smallest absolute Gasteiger partial charge is 0.0358 e. The average molecular weight is 307 g/mol. The van der Waals surface area contributed by atoms with Gasteiger partial charge in [0, 0.05) is 27.1 Å². The molecule has 0 aliphatic heterocycles. The molecule has 2 heteroatoms. The number of hydrogen-bond donors (Lipinski definition) is 0. The Morgan fingerprint density at radius 3 is 2.45 bits per heavy atom. The predicted molar refractivity (Wildman–Crippen MR) is 99.5 cm³/mol. The number of thiophene rings is 1. The topological polar surface area (TPSA) is 3.24 Å². The van der Waals surface area contributed by atoms with Crippen LogP contribution in [0.15, 0.2) is 60.7 Å². The van der Waals surface area contributed by atoms with Gasteiger partial charge in [0.15, 0.2) is 0 Å². The zero-order chi connectivity index (χ0) is 15.4. The third-order valence-corrected chi connectivity index (χ3v) is 4.83. The maximum atomic E-state index is 2.29. The summed E-state index contributed by atoms with van der Waals surface area (Å²) in [6, 6.07) is 19.4. The monoisotopic (exact) mass is 307 g/mol. The van der Waals surface area contributed by atoms with Crippen LogP contribution in [-0.4, -0.2) is 25.5 Å². The van der Waals surface area contributed by atoms with Crippen LogP contribution < -0.4 is 0 Å². The summed E-state index contributed by atoms with van der Waals surface area (Å²) < 4.78 is 1.36. The first-order valence-corrected chi connectivity index (χ1v) is 8.45. The van der Waals surface area contributed by atoms with Crippen molar-refractivity contribution in [2.45, 2.75) is 6.42 Å². The molecule has 2 aromatic carbocycles. The zero-order valence-corrected chi connectivity index (χ0v) is 13.9. The Hall–Kier alpha value is -1.90. The molecule has 112 valence electrons. The van der Waals surface area contributed by atoms with Gasteiger partial charge in [-0.25, -0.2) is 0 Å². The molecule has 3 aromatic rings. The second-order valence-corrected chi connectivity index (χ2v) is 6.78. The standard InChI is InChI=1S/C20H21NS/c1-21(2)15-9-8-14-19-20(16-10-4-3-5-11-16)17-12-6-7-13-18(17)22-19/h3-8,10-14H,9,15H2,1-2H3. The van der Waals surface area contributed by atoms with Crippen molar-refractivity contribution in [1.82, 2.24) is 4.90 Å². The molecule has 0 atom stereocenters. The molecule has 0 spiro atoms. The highest BCUT2D eigenvalue weighted by Gasteiger charge is 2.11. The third kappa shape index (κ3) is 3.29. The van der Waals surface area contributed by atoms with E-state index in [1.54, 1.807) is 0 Å². The van der Waals surface area contributed by atoms with E-state index in [4.69, 9.17) is 0 Å². The van der Waals surface area contributed by atoms with Gasteiger partial charge in [-0.3, -0.25) is 0 Å². The molecule has 0 amide bonds. The van der Waals surface area contributed by atoms with E-state index >= 15 is 0 Å². The highest BCUT2D eigenvalue weighted by molar-refractivity contribution is 7.20. The molecular weight excluding hydrogens is 286 g/mol. The van der Waals surface area contributed by atoms with E-state index in [9.17, 15) is 0 Å². The summed E-state index contributed by atoms with van der Waals surface area (Å²) in [7, 11) is 4.23. The normalized spacial score (nSPS) is 11.8. The summed E-state index contributed by atoms with van der Waals surface area (Å²) in [6.45, 7) is 1.09. The highest BCUT2D eigenvalue weighted by Crippen LogP contribution is 2.39. The SMILES string of the molecule is CN(C)CCC=Cc1sc2ccccc2c1-c1ccccc1. The molecule has 0 aliphatic rings. The van der Waals surface area contributed by atoms with E-state index in [-0.39, 0.29) is 0 Å². The first-order valence-electron chi connectivity index (χ1n) is 7.64. The molecule has 0 fully saturated rings. The Balaban J connectivity index is 2.02. The van der Waals surface area contributed by atoms with Gasteiger partial charge in [0.1, 0.15) is 0 Å². The first-order chi connectivity index (χ1) is 10.8. The maximum absolute atomic E-state index is 2.29. The second kappa shape index (κ2) is 6.91. The minimum atomic E-state index is 1.08. The van der Waals surface area contributed by atoms with E-state index in [1.165, 1.54) is 26.1 Å². The number of nitrogens with zero attached hydrogens (tertiary/aromatic N) is 1. The molecular formula is C20H21NS. The van der Waals surface area contributed by atoms with Crippen LogP contribution in [0.2, 0.25) is 0 Å². The van der Waals surface area contributed by atoms with Gasteiger partial charge in [-0.15, -0.1) is 11.3 Å². The minimum absolute atomic E-state index is 1.08. The van der Waals surface area contributed by atoms with Gasteiger partial charge in [0.05, 0.1) is 0 Å². The largest absolute Gasteiger partial charge is 0.309 e. The molecule has 0 N–H and O–H groups in total. The number of hydrogen-bond acceptors (Lipinski definition) is 2. The molecule has 1 nitrogen and oxygen atoms in total. The number of benzene rings is 2. The van der Waals surface area contributed by atoms with Crippen LogP contribution in [0.3, 0.4) is 0 Å². The molecule has 0 radical (unpaired) electrons. The van der Waals surface area contributed by atoms with Gasteiger partial charge >= 0.3 is 0 Å².